The second-order valence-electron chi connectivity index (χ2n) is 7.43. The van der Waals surface area contributed by atoms with Crippen molar-refractivity contribution in [1.29, 1.82) is 0 Å². The van der Waals surface area contributed by atoms with Crippen molar-refractivity contribution in [2.24, 2.45) is 5.92 Å². The normalized spacial score (nSPS) is 28.0. The van der Waals surface area contributed by atoms with Gasteiger partial charge in [-0.3, -0.25) is 4.79 Å². The second kappa shape index (κ2) is 9.46. The maximum Gasteiger partial charge on any atom is 0.256 e. The van der Waals surface area contributed by atoms with Gasteiger partial charge in [0.1, 0.15) is 0 Å². The molecule has 3 atom stereocenters. The number of amides is 1. The maximum absolute atomic E-state index is 12.5. The largest absolute Gasteiger partial charge is 0.396 e. The van der Waals surface area contributed by atoms with Gasteiger partial charge in [-0.1, -0.05) is 18.2 Å². The van der Waals surface area contributed by atoms with E-state index in [1.807, 2.05) is 30.3 Å². The molecule has 0 aliphatic carbocycles. The first-order valence-electron chi connectivity index (χ1n) is 9.68. The molecule has 1 aromatic rings. The first-order chi connectivity index (χ1) is 12.7. The Hall–Kier alpha value is -1.47. The first-order valence-corrected chi connectivity index (χ1v) is 9.68. The SMILES string of the molecule is O=C(Nc1ccccc1)[C@H]1O[C@H](CCN2CCC(CO)CC2)CC[C@@H]1O. The summed E-state index contributed by atoms with van der Waals surface area (Å²) >= 11 is 0. The van der Waals surface area contributed by atoms with Crippen molar-refractivity contribution < 1.29 is 19.7 Å². The Morgan fingerprint density at radius 3 is 2.58 bits per heavy atom. The molecule has 0 radical (unpaired) electrons. The minimum Gasteiger partial charge on any atom is -0.396 e. The van der Waals surface area contributed by atoms with E-state index in [1.165, 1.54) is 0 Å². The van der Waals surface area contributed by atoms with Crippen LogP contribution in [0.5, 0.6) is 0 Å². The fourth-order valence-corrected chi connectivity index (χ4v) is 3.78. The number of likely N-dealkylation sites (tertiary alicyclic amines) is 1. The molecule has 0 unspecified atom stereocenters. The van der Waals surface area contributed by atoms with Gasteiger partial charge in [-0.25, -0.2) is 0 Å². The summed E-state index contributed by atoms with van der Waals surface area (Å²) in [4.78, 5) is 14.9. The summed E-state index contributed by atoms with van der Waals surface area (Å²) in [5.74, 6) is 0.163. The number of para-hydroxylation sites is 1. The van der Waals surface area contributed by atoms with Crippen molar-refractivity contribution >= 4 is 11.6 Å². The van der Waals surface area contributed by atoms with E-state index in [2.05, 4.69) is 10.2 Å². The zero-order valence-corrected chi connectivity index (χ0v) is 15.2. The van der Waals surface area contributed by atoms with E-state index in [1.54, 1.807) is 0 Å². The number of carbonyl (C=O) groups excluding carboxylic acids is 1. The Labute approximate surface area is 155 Å². The molecule has 0 bridgehead atoms. The number of anilines is 1. The second-order valence-corrected chi connectivity index (χ2v) is 7.43. The van der Waals surface area contributed by atoms with Gasteiger partial charge in [0.15, 0.2) is 6.10 Å². The van der Waals surface area contributed by atoms with E-state index in [-0.39, 0.29) is 18.6 Å². The summed E-state index contributed by atoms with van der Waals surface area (Å²) in [5.41, 5.74) is 0.710. The smallest absolute Gasteiger partial charge is 0.256 e. The summed E-state index contributed by atoms with van der Waals surface area (Å²) in [5, 5.41) is 22.2. The zero-order valence-electron chi connectivity index (χ0n) is 15.2. The number of nitrogens with one attached hydrogen (secondary N) is 1. The predicted octanol–water partition coefficient (Wildman–Crippen LogP) is 1.63. The molecule has 0 spiro atoms. The lowest BCUT2D eigenvalue weighted by Gasteiger charge is -2.35. The summed E-state index contributed by atoms with van der Waals surface area (Å²) < 4.78 is 5.94. The topological polar surface area (TPSA) is 82.0 Å². The highest BCUT2D eigenvalue weighted by Crippen LogP contribution is 2.24. The highest BCUT2D eigenvalue weighted by molar-refractivity contribution is 5.94. The third-order valence-electron chi connectivity index (χ3n) is 5.51. The van der Waals surface area contributed by atoms with Crippen LogP contribution < -0.4 is 5.32 Å². The number of aliphatic hydroxyl groups excluding tert-OH is 2. The molecular weight excluding hydrogens is 332 g/mol. The number of ether oxygens (including phenoxy) is 1. The molecule has 2 saturated heterocycles. The van der Waals surface area contributed by atoms with Gasteiger partial charge in [-0.2, -0.15) is 0 Å². The fourth-order valence-electron chi connectivity index (χ4n) is 3.78. The number of hydrogen-bond acceptors (Lipinski definition) is 5. The van der Waals surface area contributed by atoms with Gasteiger partial charge in [0.25, 0.3) is 5.91 Å². The van der Waals surface area contributed by atoms with Gasteiger partial charge in [-0.15, -0.1) is 0 Å². The average molecular weight is 362 g/mol. The van der Waals surface area contributed by atoms with Crippen molar-refractivity contribution in [1.82, 2.24) is 4.90 Å². The van der Waals surface area contributed by atoms with Crippen molar-refractivity contribution in [2.75, 3.05) is 31.6 Å². The third-order valence-corrected chi connectivity index (χ3v) is 5.51. The van der Waals surface area contributed by atoms with Gasteiger partial charge < -0.3 is 25.2 Å². The van der Waals surface area contributed by atoms with Gasteiger partial charge in [0.05, 0.1) is 12.2 Å². The molecule has 26 heavy (non-hydrogen) atoms. The molecule has 3 N–H and O–H groups in total. The Kier molecular flexibility index (Phi) is 7.02. The van der Waals surface area contributed by atoms with Crippen LogP contribution in [0.25, 0.3) is 0 Å². The summed E-state index contributed by atoms with van der Waals surface area (Å²) in [6.45, 7) is 3.25. The third kappa shape index (κ3) is 5.27. The molecule has 2 heterocycles. The first kappa shape index (κ1) is 19.3. The Balaban J connectivity index is 1.46. The van der Waals surface area contributed by atoms with Gasteiger partial charge in [0.2, 0.25) is 0 Å². The fraction of sp³-hybridized carbons (Fsp3) is 0.650. The summed E-state index contributed by atoms with van der Waals surface area (Å²) in [6, 6.07) is 9.25. The molecule has 0 saturated carbocycles. The van der Waals surface area contributed by atoms with Crippen LogP contribution in [0.3, 0.4) is 0 Å². The molecule has 6 nitrogen and oxygen atoms in total. The van der Waals surface area contributed by atoms with Crippen LogP contribution in [0.1, 0.15) is 32.1 Å². The van der Waals surface area contributed by atoms with Gasteiger partial charge in [-0.05, 0) is 63.2 Å². The number of hydrogen-bond donors (Lipinski definition) is 3. The maximum atomic E-state index is 12.5. The molecule has 6 heteroatoms. The number of nitrogens with zero attached hydrogens (tertiary/aromatic N) is 1. The lowest BCUT2D eigenvalue weighted by atomic mass is 9.96. The number of carbonyl (C=O) groups is 1. The van der Waals surface area contributed by atoms with Crippen molar-refractivity contribution in [3.63, 3.8) is 0 Å². The van der Waals surface area contributed by atoms with E-state index in [9.17, 15) is 15.0 Å². The highest BCUT2D eigenvalue weighted by atomic mass is 16.5. The van der Waals surface area contributed by atoms with Crippen LogP contribution in [-0.2, 0) is 9.53 Å². The molecular formula is C20H30N2O4. The molecule has 2 aliphatic rings. The molecule has 1 aromatic carbocycles. The average Bonchev–Trinajstić information content (AvgIpc) is 2.68. The Bertz CT molecular complexity index is 560. The molecule has 1 amide bonds. The lowest BCUT2D eigenvalue weighted by Crippen LogP contribution is -2.47. The molecule has 2 aliphatic heterocycles. The van der Waals surface area contributed by atoms with Crippen LogP contribution in [0, 0.1) is 5.92 Å². The van der Waals surface area contributed by atoms with E-state index < -0.39 is 12.2 Å². The van der Waals surface area contributed by atoms with Crippen LogP contribution in [0.4, 0.5) is 5.69 Å². The van der Waals surface area contributed by atoms with Crippen LogP contribution in [0.15, 0.2) is 30.3 Å². The molecule has 0 aromatic heterocycles. The van der Waals surface area contributed by atoms with Crippen molar-refractivity contribution in [2.45, 2.75) is 50.4 Å². The quantitative estimate of drug-likeness (QED) is 0.717. The van der Waals surface area contributed by atoms with Crippen LogP contribution >= 0.6 is 0 Å². The standard InChI is InChI=1S/C20H30N2O4/c23-14-15-8-11-22(12-9-15)13-10-17-6-7-18(24)19(26-17)20(25)21-16-4-2-1-3-5-16/h1-5,15,17-19,23-24H,6-14H2,(H,21,25)/t17-,18-,19-/m0/s1. The summed E-state index contributed by atoms with van der Waals surface area (Å²) in [7, 11) is 0. The highest BCUT2D eigenvalue weighted by Gasteiger charge is 2.35. The van der Waals surface area contributed by atoms with E-state index in [0.29, 0.717) is 18.0 Å². The zero-order chi connectivity index (χ0) is 18.4. The van der Waals surface area contributed by atoms with E-state index >= 15 is 0 Å². The molecule has 144 valence electrons. The van der Waals surface area contributed by atoms with Gasteiger partial charge >= 0.3 is 0 Å². The van der Waals surface area contributed by atoms with Crippen LogP contribution in [0.2, 0.25) is 0 Å². The minimum atomic E-state index is -0.811. The summed E-state index contributed by atoms with van der Waals surface area (Å²) in [6.07, 6.45) is 2.76. The monoisotopic (exact) mass is 362 g/mol. The van der Waals surface area contributed by atoms with E-state index in [0.717, 1.165) is 45.3 Å². The predicted molar refractivity (Wildman–Crippen MR) is 99.8 cm³/mol. The van der Waals surface area contributed by atoms with Crippen LogP contribution in [-0.4, -0.2) is 65.6 Å². The van der Waals surface area contributed by atoms with E-state index in [4.69, 9.17) is 4.74 Å². The number of aliphatic hydroxyl groups is 2. The van der Waals surface area contributed by atoms with Gasteiger partial charge in [0, 0.05) is 18.8 Å². The number of benzene rings is 1. The number of piperidine rings is 1. The lowest BCUT2D eigenvalue weighted by molar-refractivity contribution is -0.153. The molecule has 2 fully saturated rings. The molecule has 3 rings (SSSR count). The minimum absolute atomic E-state index is 0.000452. The van der Waals surface area contributed by atoms with Crippen molar-refractivity contribution in [3.8, 4) is 0 Å². The number of rotatable bonds is 6. The Morgan fingerprint density at radius 2 is 1.88 bits per heavy atom. The van der Waals surface area contributed by atoms with Crippen molar-refractivity contribution in [3.05, 3.63) is 30.3 Å². The Morgan fingerprint density at radius 1 is 1.15 bits per heavy atom.